The lowest BCUT2D eigenvalue weighted by atomic mass is 10.0. The van der Waals surface area contributed by atoms with E-state index in [1.54, 1.807) is 0 Å². The van der Waals surface area contributed by atoms with Gasteiger partial charge in [-0.3, -0.25) is 9.59 Å². The average molecular weight is 201 g/mol. The first-order valence-electron chi connectivity index (χ1n) is 4.66. The van der Waals surface area contributed by atoms with Crippen molar-refractivity contribution in [1.29, 1.82) is 0 Å². The van der Waals surface area contributed by atoms with Crippen LogP contribution in [0.1, 0.15) is 19.3 Å². The number of carboxylic acids is 1. The van der Waals surface area contributed by atoms with Crippen LogP contribution in [0.5, 0.6) is 0 Å². The Kier molecular flexibility index (Phi) is 3.88. The van der Waals surface area contributed by atoms with Gasteiger partial charge in [-0.15, -0.1) is 0 Å². The molecule has 0 spiro atoms. The van der Waals surface area contributed by atoms with E-state index in [2.05, 4.69) is 10.1 Å². The van der Waals surface area contributed by atoms with Crippen molar-refractivity contribution < 1.29 is 19.4 Å². The number of amides is 1. The Bertz CT molecular complexity index is 229. The van der Waals surface area contributed by atoms with Crippen molar-refractivity contribution in [1.82, 2.24) is 5.32 Å². The molecule has 2 atom stereocenters. The number of ether oxygens (including phenoxy) is 1. The molecule has 1 saturated carbocycles. The second-order valence-corrected chi connectivity index (χ2v) is 3.48. The summed E-state index contributed by atoms with van der Waals surface area (Å²) in [6.45, 7) is -0.0111. The summed E-state index contributed by atoms with van der Waals surface area (Å²) in [6, 6.07) is -0.227. The Balaban J connectivity index is 2.43. The lowest BCUT2D eigenvalue weighted by Gasteiger charge is -2.16. The Morgan fingerprint density at radius 2 is 2.21 bits per heavy atom. The molecule has 14 heavy (non-hydrogen) atoms. The molecule has 2 unspecified atom stereocenters. The lowest BCUT2D eigenvalue weighted by molar-refractivity contribution is -0.142. The van der Waals surface area contributed by atoms with Gasteiger partial charge >= 0.3 is 5.97 Å². The molecule has 0 aromatic carbocycles. The molecule has 5 nitrogen and oxygen atoms in total. The highest BCUT2D eigenvalue weighted by Gasteiger charge is 2.33. The predicted molar refractivity (Wildman–Crippen MR) is 48.8 cm³/mol. The van der Waals surface area contributed by atoms with E-state index in [0.717, 1.165) is 12.8 Å². The van der Waals surface area contributed by atoms with Crippen LogP contribution in [0.4, 0.5) is 0 Å². The Labute approximate surface area is 82.4 Å². The summed E-state index contributed by atoms with van der Waals surface area (Å²) in [5.74, 6) is -1.51. The number of hydrogen-bond acceptors (Lipinski definition) is 3. The van der Waals surface area contributed by atoms with Crippen LogP contribution in [0.3, 0.4) is 0 Å². The quantitative estimate of drug-likeness (QED) is 0.671. The molecular weight excluding hydrogens is 186 g/mol. The van der Waals surface area contributed by atoms with Crippen molar-refractivity contribution in [3.8, 4) is 0 Å². The van der Waals surface area contributed by atoms with Crippen molar-refractivity contribution in [2.45, 2.75) is 25.3 Å². The molecule has 0 radical (unpaired) electrons. The summed E-state index contributed by atoms with van der Waals surface area (Å²) in [6.07, 6.45) is 2.24. The topological polar surface area (TPSA) is 75.6 Å². The van der Waals surface area contributed by atoms with Gasteiger partial charge in [0.25, 0.3) is 0 Å². The van der Waals surface area contributed by atoms with Gasteiger partial charge in [-0.05, 0) is 12.8 Å². The maximum atomic E-state index is 11.1. The summed E-state index contributed by atoms with van der Waals surface area (Å²) in [5, 5.41) is 11.5. The number of nitrogens with one attached hydrogen (secondary N) is 1. The molecule has 1 fully saturated rings. The second kappa shape index (κ2) is 4.95. The van der Waals surface area contributed by atoms with Crippen molar-refractivity contribution in [2.24, 2.45) is 5.92 Å². The summed E-state index contributed by atoms with van der Waals surface area (Å²) in [4.78, 5) is 21.9. The van der Waals surface area contributed by atoms with Crippen molar-refractivity contribution >= 4 is 11.9 Å². The molecule has 80 valence electrons. The van der Waals surface area contributed by atoms with Gasteiger partial charge in [0, 0.05) is 13.2 Å². The van der Waals surface area contributed by atoms with Crippen LogP contribution < -0.4 is 5.32 Å². The van der Waals surface area contributed by atoms with Gasteiger partial charge in [0.05, 0.1) is 5.92 Å². The van der Waals surface area contributed by atoms with Crippen molar-refractivity contribution in [2.75, 3.05) is 13.7 Å². The van der Waals surface area contributed by atoms with Crippen molar-refractivity contribution in [3.05, 3.63) is 0 Å². The van der Waals surface area contributed by atoms with Gasteiger partial charge < -0.3 is 15.2 Å². The van der Waals surface area contributed by atoms with Crippen LogP contribution in [0, 0.1) is 5.92 Å². The highest BCUT2D eigenvalue weighted by Crippen LogP contribution is 2.25. The van der Waals surface area contributed by atoms with E-state index in [-0.39, 0.29) is 18.6 Å². The Morgan fingerprint density at radius 1 is 1.50 bits per heavy atom. The van der Waals surface area contributed by atoms with Gasteiger partial charge in [0.2, 0.25) is 5.91 Å². The minimum atomic E-state index is -0.829. The second-order valence-electron chi connectivity index (χ2n) is 3.48. The van der Waals surface area contributed by atoms with Crippen LogP contribution in [-0.2, 0) is 14.3 Å². The summed E-state index contributed by atoms with van der Waals surface area (Å²) < 4.78 is 4.65. The standard InChI is InChI=1S/C9H15NO4/c1-14-5-8(11)10-7-4-2-3-6(7)9(12)13/h6-7H,2-5H2,1H3,(H,10,11)(H,12,13). The number of rotatable bonds is 4. The Hall–Kier alpha value is -1.10. The number of carboxylic acid groups (broad SMARTS) is 1. The molecule has 1 amide bonds. The molecule has 0 aromatic heterocycles. The molecule has 2 N–H and O–H groups in total. The van der Waals surface area contributed by atoms with E-state index in [1.807, 2.05) is 0 Å². The van der Waals surface area contributed by atoms with Crippen LogP contribution in [0.25, 0.3) is 0 Å². The molecule has 1 rings (SSSR count). The largest absolute Gasteiger partial charge is 0.481 e. The third-order valence-corrected chi connectivity index (χ3v) is 2.45. The van der Waals surface area contributed by atoms with Crippen molar-refractivity contribution in [3.63, 3.8) is 0 Å². The fraction of sp³-hybridized carbons (Fsp3) is 0.778. The molecule has 0 aromatic rings. The minimum absolute atomic E-state index is 0.0111. The maximum absolute atomic E-state index is 11.1. The third-order valence-electron chi connectivity index (χ3n) is 2.45. The number of hydrogen-bond donors (Lipinski definition) is 2. The molecular formula is C9H15NO4. The van der Waals surface area contributed by atoms with Gasteiger partial charge in [-0.1, -0.05) is 6.42 Å². The van der Waals surface area contributed by atoms with Gasteiger partial charge in [0.1, 0.15) is 6.61 Å². The highest BCUT2D eigenvalue weighted by molar-refractivity contribution is 5.79. The van der Waals surface area contributed by atoms with Crippen LogP contribution in [0.15, 0.2) is 0 Å². The molecule has 5 heteroatoms. The van der Waals surface area contributed by atoms with E-state index in [0.29, 0.717) is 6.42 Å². The zero-order chi connectivity index (χ0) is 10.6. The molecule has 0 aliphatic heterocycles. The number of aliphatic carboxylic acids is 1. The number of carbonyl (C=O) groups is 2. The highest BCUT2D eigenvalue weighted by atomic mass is 16.5. The Morgan fingerprint density at radius 3 is 2.79 bits per heavy atom. The summed E-state index contributed by atoms with van der Waals surface area (Å²) in [5.41, 5.74) is 0. The van der Waals surface area contributed by atoms with Crippen LogP contribution in [0.2, 0.25) is 0 Å². The van der Waals surface area contributed by atoms with Crippen LogP contribution in [-0.4, -0.2) is 36.7 Å². The van der Waals surface area contributed by atoms with E-state index < -0.39 is 11.9 Å². The molecule has 0 saturated heterocycles. The lowest BCUT2D eigenvalue weighted by Crippen LogP contribution is -2.41. The van der Waals surface area contributed by atoms with E-state index in [9.17, 15) is 9.59 Å². The first-order chi connectivity index (χ1) is 6.65. The van der Waals surface area contributed by atoms with E-state index in [4.69, 9.17) is 5.11 Å². The van der Waals surface area contributed by atoms with E-state index in [1.165, 1.54) is 7.11 Å². The zero-order valence-corrected chi connectivity index (χ0v) is 8.16. The number of methoxy groups -OCH3 is 1. The number of carbonyl (C=O) groups excluding carboxylic acids is 1. The smallest absolute Gasteiger partial charge is 0.308 e. The normalized spacial score (nSPS) is 26.1. The minimum Gasteiger partial charge on any atom is -0.481 e. The van der Waals surface area contributed by atoms with E-state index >= 15 is 0 Å². The SMILES string of the molecule is COCC(=O)NC1CCCC1C(=O)O. The third kappa shape index (κ3) is 2.70. The molecule has 0 heterocycles. The molecule has 0 bridgehead atoms. The molecule has 1 aliphatic carbocycles. The molecule has 1 aliphatic rings. The monoisotopic (exact) mass is 201 g/mol. The average Bonchev–Trinajstić information content (AvgIpc) is 2.52. The fourth-order valence-electron chi connectivity index (χ4n) is 1.81. The predicted octanol–water partition coefficient (Wildman–Crippen LogP) is 0.00230. The van der Waals surface area contributed by atoms with Gasteiger partial charge in [0.15, 0.2) is 0 Å². The zero-order valence-electron chi connectivity index (χ0n) is 8.16. The first kappa shape index (κ1) is 11.0. The maximum Gasteiger partial charge on any atom is 0.308 e. The van der Waals surface area contributed by atoms with Gasteiger partial charge in [-0.25, -0.2) is 0 Å². The van der Waals surface area contributed by atoms with Gasteiger partial charge in [-0.2, -0.15) is 0 Å². The summed E-state index contributed by atoms with van der Waals surface area (Å²) in [7, 11) is 1.43. The fourth-order valence-corrected chi connectivity index (χ4v) is 1.81. The first-order valence-corrected chi connectivity index (χ1v) is 4.66. The van der Waals surface area contributed by atoms with Crippen LogP contribution >= 0.6 is 0 Å². The summed E-state index contributed by atoms with van der Waals surface area (Å²) >= 11 is 0.